The van der Waals surface area contributed by atoms with E-state index in [1.807, 2.05) is 6.07 Å². The molecule has 0 saturated heterocycles. The van der Waals surface area contributed by atoms with Crippen LogP contribution in [-0.2, 0) is 14.8 Å². The van der Waals surface area contributed by atoms with Gasteiger partial charge in [-0.3, -0.25) is 4.79 Å². The molecule has 0 spiro atoms. The maximum absolute atomic E-state index is 12.4. The van der Waals surface area contributed by atoms with Crippen molar-refractivity contribution in [2.24, 2.45) is 0 Å². The lowest BCUT2D eigenvalue weighted by Gasteiger charge is -2.24. The number of halogens is 1. The Labute approximate surface area is 122 Å². The summed E-state index contributed by atoms with van der Waals surface area (Å²) in [4.78, 5) is 10.6. The molecule has 8 heteroatoms. The molecule has 0 aromatic heterocycles. The van der Waals surface area contributed by atoms with E-state index in [0.717, 1.165) is 4.31 Å². The molecule has 0 atom stereocenters. The van der Waals surface area contributed by atoms with E-state index >= 15 is 0 Å². The van der Waals surface area contributed by atoms with Gasteiger partial charge in [0.25, 0.3) is 0 Å². The molecule has 0 radical (unpaired) electrons. The first-order valence-electron chi connectivity index (χ1n) is 5.63. The Bertz CT molecular complexity index is 665. The monoisotopic (exact) mass is 316 g/mol. The molecule has 0 aliphatic heterocycles. The molecule has 108 valence electrons. The Morgan fingerprint density at radius 3 is 2.50 bits per heavy atom. The van der Waals surface area contributed by atoms with Gasteiger partial charge in [0.1, 0.15) is 11.4 Å². The topological polar surface area (TPSA) is 98.5 Å². The average Bonchev–Trinajstić information content (AvgIpc) is 2.34. The molecule has 0 aliphatic carbocycles. The molecule has 0 fully saturated rings. The highest BCUT2D eigenvalue weighted by atomic mass is 35.5. The first-order valence-corrected chi connectivity index (χ1v) is 7.45. The van der Waals surface area contributed by atoms with Crippen molar-refractivity contribution in [2.75, 3.05) is 6.54 Å². The van der Waals surface area contributed by atoms with Gasteiger partial charge in [0, 0.05) is 6.04 Å². The van der Waals surface area contributed by atoms with Crippen LogP contribution in [0, 0.1) is 11.3 Å². The number of hydrogen-bond donors (Lipinski definition) is 1. The van der Waals surface area contributed by atoms with Crippen molar-refractivity contribution in [3.63, 3.8) is 0 Å². The summed E-state index contributed by atoms with van der Waals surface area (Å²) in [6, 6.07) is 5.05. The summed E-state index contributed by atoms with van der Waals surface area (Å²) >= 11 is 5.87. The Balaban J connectivity index is 3.34. The third-order valence-electron chi connectivity index (χ3n) is 2.51. The minimum atomic E-state index is -4.04. The van der Waals surface area contributed by atoms with Crippen molar-refractivity contribution < 1.29 is 18.3 Å². The van der Waals surface area contributed by atoms with Crippen LogP contribution in [0.5, 0.6) is 0 Å². The number of rotatable bonds is 5. The summed E-state index contributed by atoms with van der Waals surface area (Å²) in [6.45, 7) is 2.48. The van der Waals surface area contributed by atoms with Gasteiger partial charge >= 0.3 is 5.97 Å². The fraction of sp³-hybridized carbons (Fsp3) is 0.333. The molecule has 6 nitrogen and oxygen atoms in total. The highest BCUT2D eigenvalue weighted by Gasteiger charge is 2.30. The Kier molecular flexibility index (Phi) is 5.11. The third kappa shape index (κ3) is 3.48. The number of carboxylic acid groups (broad SMARTS) is 1. The number of sulfonamides is 1. The van der Waals surface area contributed by atoms with Crippen molar-refractivity contribution in [1.82, 2.24) is 4.31 Å². The van der Waals surface area contributed by atoms with Gasteiger partial charge in [-0.05, 0) is 32.0 Å². The lowest BCUT2D eigenvalue weighted by atomic mass is 10.2. The van der Waals surface area contributed by atoms with E-state index in [1.54, 1.807) is 13.8 Å². The fourth-order valence-corrected chi connectivity index (χ4v) is 3.69. The first-order chi connectivity index (χ1) is 9.20. The number of carboxylic acids is 1. The van der Waals surface area contributed by atoms with E-state index in [1.165, 1.54) is 18.2 Å². The zero-order valence-corrected chi connectivity index (χ0v) is 12.4. The first kappa shape index (κ1) is 16.4. The smallest absolute Gasteiger partial charge is 0.318 e. The number of hydrogen-bond acceptors (Lipinski definition) is 4. The molecule has 0 heterocycles. The molecule has 0 saturated carbocycles. The maximum atomic E-state index is 12.4. The molecule has 0 unspecified atom stereocenters. The SMILES string of the molecule is CC(C)N(CC(=O)O)S(=O)(=O)c1ccc(C#N)cc1Cl. The quantitative estimate of drug-likeness (QED) is 0.891. The van der Waals surface area contributed by atoms with Gasteiger partial charge in [-0.1, -0.05) is 11.6 Å². The van der Waals surface area contributed by atoms with E-state index in [9.17, 15) is 13.2 Å². The molecule has 1 aromatic carbocycles. The Morgan fingerprint density at radius 2 is 2.10 bits per heavy atom. The molecule has 1 N–H and O–H groups in total. The largest absolute Gasteiger partial charge is 0.480 e. The molecular formula is C12H13ClN2O4S. The molecule has 1 aromatic rings. The van der Waals surface area contributed by atoms with Crippen LogP contribution in [0.25, 0.3) is 0 Å². The zero-order chi connectivity index (χ0) is 15.5. The summed E-state index contributed by atoms with van der Waals surface area (Å²) < 4.78 is 25.7. The number of carbonyl (C=O) groups is 1. The molecule has 0 amide bonds. The summed E-state index contributed by atoms with van der Waals surface area (Å²) in [5.74, 6) is -1.26. The Hall–Kier alpha value is -1.62. The minimum absolute atomic E-state index is 0.111. The van der Waals surface area contributed by atoms with Gasteiger partial charge in [0.15, 0.2) is 0 Å². The second-order valence-electron chi connectivity index (χ2n) is 4.29. The highest BCUT2D eigenvalue weighted by Crippen LogP contribution is 2.26. The van der Waals surface area contributed by atoms with Crippen LogP contribution in [-0.4, -0.2) is 36.4 Å². The van der Waals surface area contributed by atoms with Crippen molar-refractivity contribution in [2.45, 2.75) is 24.8 Å². The van der Waals surface area contributed by atoms with E-state index in [4.69, 9.17) is 22.0 Å². The second-order valence-corrected chi connectivity index (χ2v) is 6.56. The maximum Gasteiger partial charge on any atom is 0.318 e. The van der Waals surface area contributed by atoms with Crippen LogP contribution < -0.4 is 0 Å². The molecule has 20 heavy (non-hydrogen) atoms. The van der Waals surface area contributed by atoms with Crippen LogP contribution in [0.3, 0.4) is 0 Å². The molecule has 0 aliphatic rings. The number of nitrogens with zero attached hydrogens (tertiary/aromatic N) is 2. The van der Waals surface area contributed by atoms with Crippen molar-refractivity contribution in [1.29, 1.82) is 5.26 Å². The minimum Gasteiger partial charge on any atom is -0.480 e. The van der Waals surface area contributed by atoms with Gasteiger partial charge in [-0.15, -0.1) is 0 Å². The normalized spacial score (nSPS) is 11.6. The second kappa shape index (κ2) is 6.22. The van der Waals surface area contributed by atoms with Crippen LogP contribution in [0.4, 0.5) is 0 Å². The zero-order valence-electron chi connectivity index (χ0n) is 10.9. The predicted molar refractivity (Wildman–Crippen MR) is 72.8 cm³/mol. The van der Waals surface area contributed by atoms with E-state index in [-0.39, 0.29) is 15.5 Å². The third-order valence-corrected chi connectivity index (χ3v) is 5.02. The van der Waals surface area contributed by atoms with Gasteiger partial charge in [-0.25, -0.2) is 8.42 Å². The van der Waals surface area contributed by atoms with Gasteiger partial charge in [0.2, 0.25) is 10.0 Å². The van der Waals surface area contributed by atoms with E-state index in [0.29, 0.717) is 0 Å². The van der Waals surface area contributed by atoms with Crippen molar-refractivity contribution >= 4 is 27.6 Å². The summed E-state index contributed by atoms with van der Waals surface area (Å²) in [5, 5.41) is 17.4. The van der Waals surface area contributed by atoms with Crippen molar-refractivity contribution in [3.05, 3.63) is 28.8 Å². The lowest BCUT2D eigenvalue weighted by molar-refractivity contribution is -0.137. The van der Waals surface area contributed by atoms with Crippen LogP contribution in [0.2, 0.25) is 5.02 Å². The van der Waals surface area contributed by atoms with Gasteiger partial charge in [-0.2, -0.15) is 9.57 Å². The average molecular weight is 317 g/mol. The highest BCUT2D eigenvalue weighted by molar-refractivity contribution is 7.89. The fourth-order valence-electron chi connectivity index (χ4n) is 1.58. The summed E-state index contributed by atoms with van der Waals surface area (Å²) in [6.07, 6.45) is 0. The molecule has 0 bridgehead atoms. The van der Waals surface area contributed by atoms with Crippen LogP contribution >= 0.6 is 11.6 Å². The summed E-state index contributed by atoms with van der Waals surface area (Å²) in [7, 11) is -4.04. The predicted octanol–water partition coefficient (Wildman–Crippen LogP) is 1.70. The van der Waals surface area contributed by atoms with Crippen LogP contribution in [0.15, 0.2) is 23.1 Å². The van der Waals surface area contributed by atoms with Crippen LogP contribution in [0.1, 0.15) is 19.4 Å². The van der Waals surface area contributed by atoms with E-state index in [2.05, 4.69) is 0 Å². The number of nitriles is 1. The number of benzene rings is 1. The standard InChI is InChI=1S/C12H13ClN2O4S/c1-8(2)15(7-12(16)17)20(18,19)11-4-3-9(6-14)5-10(11)13/h3-5,8H,7H2,1-2H3,(H,16,17). The molecular weight excluding hydrogens is 304 g/mol. The lowest BCUT2D eigenvalue weighted by Crippen LogP contribution is -2.40. The van der Waals surface area contributed by atoms with Gasteiger partial charge in [0.05, 0.1) is 16.7 Å². The van der Waals surface area contributed by atoms with E-state index < -0.39 is 28.6 Å². The van der Waals surface area contributed by atoms with Gasteiger partial charge < -0.3 is 5.11 Å². The molecule has 1 rings (SSSR count). The summed E-state index contributed by atoms with van der Waals surface area (Å²) in [5.41, 5.74) is 0.225. The van der Waals surface area contributed by atoms with Crippen molar-refractivity contribution in [3.8, 4) is 6.07 Å². The Morgan fingerprint density at radius 1 is 1.50 bits per heavy atom. The number of aliphatic carboxylic acids is 1.